The van der Waals surface area contributed by atoms with E-state index in [0.29, 0.717) is 0 Å². The zero-order valence-electron chi connectivity index (χ0n) is 9.12. The van der Waals surface area contributed by atoms with Gasteiger partial charge in [0, 0.05) is 5.02 Å². The van der Waals surface area contributed by atoms with Crippen molar-refractivity contribution in [2.45, 2.75) is 11.1 Å². The highest BCUT2D eigenvalue weighted by Gasteiger charge is 2.30. The van der Waals surface area contributed by atoms with Crippen molar-refractivity contribution in [3.05, 3.63) is 23.2 Å². The summed E-state index contributed by atoms with van der Waals surface area (Å²) < 4.78 is 61.5. The standard InChI is InChI=1S/C9H7ClF3N3O2S/c10-5-1-2-6-7(3-5)19(17,18)16-8(15-6)14-4-9(11,12)13/h1-3H,4H2,(H2,14,15,16). The second-order valence-corrected chi connectivity index (χ2v) is 5.74. The van der Waals surface area contributed by atoms with Gasteiger partial charge < -0.3 is 5.32 Å². The van der Waals surface area contributed by atoms with Crippen LogP contribution in [0.3, 0.4) is 0 Å². The molecule has 0 atom stereocenters. The molecule has 1 heterocycles. The van der Waals surface area contributed by atoms with Crippen LogP contribution in [0.2, 0.25) is 5.02 Å². The molecule has 0 spiro atoms. The van der Waals surface area contributed by atoms with Crippen molar-refractivity contribution >= 4 is 33.3 Å². The van der Waals surface area contributed by atoms with Crippen LogP contribution in [0.1, 0.15) is 0 Å². The molecule has 0 bridgehead atoms. The fraction of sp³-hybridized carbons (Fsp3) is 0.222. The lowest BCUT2D eigenvalue weighted by Gasteiger charge is -2.21. The molecular weight excluding hydrogens is 307 g/mol. The summed E-state index contributed by atoms with van der Waals surface area (Å²) in [7, 11) is -3.98. The molecular formula is C9H7ClF3N3O2S. The summed E-state index contributed by atoms with van der Waals surface area (Å²) in [6, 6.07) is 3.95. The summed E-state index contributed by atoms with van der Waals surface area (Å²) in [6.45, 7) is -1.49. The van der Waals surface area contributed by atoms with Crippen LogP contribution in [-0.4, -0.2) is 27.1 Å². The lowest BCUT2D eigenvalue weighted by atomic mass is 10.3. The van der Waals surface area contributed by atoms with Crippen LogP contribution < -0.4 is 10.0 Å². The second kappa shape index (κ2) is 4.57. The second-order valence-electron chi connectivity index (χ2n) is 3.65. The van der Waals surface area contributed by atoms with Gasteiger partial charge in [-0.2, -0.15) is 13.2 Å². The molecule has 0 unspecified atom stereocenters. The number of rotatable bonds is 1. The fourth-order valence-electron chi connectivity index (χ4n) is 1.40. The first kappa shape index (κ1) is 13.9. The highest BCUT2D eigenvalue weighted by molar-refractivity contribution is 7.90. The summed E-state index contributed by atoms with van der Waals surface area (Å²) in [4.78, 5) is 2.98. The zero-order chi connectivity index (χ0) is 14.3. The molecule has 1 aromatic rings. The molecule has 0 fully saturated rings. The Kier molecular flexibility index (Phi) is 3.35. The number of halogens is 4. The van der Waals surface area contributed by atoms with Gasteiger partial charge in [-0.15, -0.1) is 0 Å². The van der Waals surface area contributed by atoms with Crippen LogP contribution in [-0.2, 0) is 10.0 Å². The van der Waals surface area contributed by atoms with Gasteiger partial charge in [0.1, 0.15) is 11.4 Å². The average Bonchev–Trinajstić information content (AvgIpc) is 2.26. The van der Waals surface area contributed by atoms with E-state index in [0.717, 1.165) is 0 Å². The first-order chi connectivity index (χ1) is 8.67. The van der Waals surface area contributed by atoms with E-state index in [1.165, 1.54) is 18.2 Å². The molecule has 5 nitrogen and oxygen atoms in total. The molecule has 0 saturated heterocycles. The van der Waals surface area contributed by atoms with Crippen LogP contribution in [0, 0.1) is 0 Å². The van der Waals surface area contributed by atoms with E-state index in [9.17, 15) is 21.6 Å². The molecule has 0 radical (unpaired) electrons. The fourth-order valence-corrected chi connectivity index (χ4v) is 2.81. The van der Waals surface area contributed by atoms with E-state index >= 15 is 0 Å². The number of aliphatic imine (C=N–C) groups is 1. The van der Waals surface area contributed by atoms with Gasteiger partial charge in [0.2, 0.25) is 5.96 Å². The third kappa shape index (κ3) is 3.29. The van der Waals surface area contributed by atoms with Crippen molar-refractivity contribution in [1.82, 2.24) is 4.72 Å². The van der Waals surface area contributed by atoms with E-state index < -0.39 is 28.7 Å². The minimum absolute atomic E-state index is 0.115. The third-order valence-electron chi connectivity index (χ3n) is 2.13. The number of anilines is 1. The normalized spacial score (nSPS) is 19.5. The molecule has 1 aliphatic rings. The SMILES string of the molecule is O=S1(=O)NC(=NCC(F)(F)F)Nc2ccc(Cl)cc21. The van der Waals surface area contributed by atoms with E-state index in [-0.39, 0.29) is 15.6 Å². The molecule has 2 N–H and O–H groups in total. The van der Waals surface area contributed by atoms with Gasteiger partial charge in [-0.1, -0.05) is 11.6 Å². The minimum atomic E-state index is -4.51. The van der Waals surface area contributed by atoms with E-state index in [1.807, 2.05) is 4.72 Å². The van der Waals surface area contributed by atoms with Gasteiger partial charge in [0.15, 0.2) is 0 Å². The lowest BCUT2D eigenvalue weighted by molar-refractivity contribution is -0.118. The van der Waals surface area contributed by atoms with Crippen LogP contribution in [0.15, 0.2) is 28.1 Å². The van der Waals surface area contributed by atoms with Gasteiger partial charge in [-0.3, -0.25) is 0 Å². The maximum Gasteiger partial charge on any atom is 0.408 e. The number of nitrogens with zero attached hydrogens (tertiary/aromatic N) is 1. The smallest absolute Gasteiger partial charge is 0.324 e. The number of sulfonamides is 1. The van der Waals surface area contributed by atoms with Crippen LogP contribution >= 0.6 is 11.6 Å². The first-order valence-corrected chi connectivity index (χ1v) is 6.74. The van der Waals surface area contributed by atoms with E-state index in [2.05, 4.69) is 10.3 Å². The minimum Gasteiger partial charge on any atom is -0.324 e. The Hall–Kier alpha value is -1.48. The van der Waals surface area contributed by atoms with Crippen LogP contribution in [0.4, 0.5) is 18.9 Å². The number of alkyl halides is 3. The van der Waals surface area contributed by atoms with Gasteiger partial charge in [-0.05, 0) is 18.2 Å². The largest absolute Gasteiger partial charge is 0.408 e. The monoisotopic (exact) mass is 313 g/mol. The maximum absolute atomic E-state index is 12.0. The number of nitrogens with one attached hydrogen (secondary N) is 2. The number of benzene rings is 1. The molecule has 0 saturated carbocycles. The Morgan fingerprint density at radius 1 is 1.32 bits per heavy atom. The van der Waals surface area contributed by atoms with E-state index in [1.54, 1.807) is 0 Å². The highest BCUT2D eigenvalue weighted by atomic mass is 35.5. The Labute approximate surface area is 111 Å². The summed E-state index contributed by atoms with van der Waals surface area (Å²) >= 11 is 5.66. The number of fused-ring (bicyclic) bond motifs is 1. The van der Waals surface area contributed by atoms with Crippen molar-refractivity contribution < 1.29 is 21.6 Å². The van der Waals surface area contributed by atoms with Crippen molar-refractivity contribution in [3.8, 4) is 0 Å². The molecule has 2 rings (SSSR count). The predicted octanol–water partition coefficient (Wildman–Crippen LogP) is 1.96. The topological polar surface area (TPSA) is 70.6 Å². The summed E-state index contributed by atoms with van der Waals surface area (Å²) in [6.07, 6.45) is -4.51. The van der Waals surface area contributed by atoms with E-state index in [4.69, 9.17) is 11.6 Å². The van der Waals surface area contributed by atoms with Crippen molar-refractivity contribution in [3.63, 3.8) is 0 Å². The predicted molar refractivity (Wildman–Crippen MR) is 63.8 cm³/mol. The lowest BCUT2D eigenvalue weighted by Crippen LogP contribution is -2.41. The van der Waals surface area contributed by atoms with Crippen molar-refractivity contribution in [1.29, 1.82) is 0 Å². The van der Waals surface area contributed by atoms with Gasteiger partial charge >= 0.3 is 6.18 Å². The Bertz CT molecular complexity index is 643. The molecule has 0 aromatic heterocycles. The van der Waals surface area contributed by atoms with Gasteiger partial charge in [-0.25, -0.2) is 18.1 Å². The quantitative estimate of drug-likeness (QED) is 0.832. The molecule has 1 aromatic carbocycles. The van der Waals surface area contributed by atoms with Crippen molar-refractivity contribution in [2.24, 2.45) is 4.99 Å². The Morgan fingerprint density at radius 3 is 2.63 bits per heavy atom. The Morgan fingerprint density at radius 2 is 2.00 bits per heavy atom. The van der Waals surface area contributed by atoms with Gasteiger partial charge in [0.05, 0.1) is 5.69 Å². The molecule has 104 valence electrons. The highest BCUT2D eigenvalue weighted by Crippen LogP contribution is 2.27. The summed E-state index contributed by atoms with van der Waals surface area (Å²) in [5.74, 6) is -0.479. The number of hydrogen-bond acceptors (Lipinski definition) is 3. The Balaban J connectivity index is 2.36. The van der Waals surface area contributed by atoms with Crippen LogP contribution in [0.5, 0.6) is 0 Å². The van der Waals surface area contributed by atoms with Crippen molar-refractivity contribution in [2.75, 3.05) is 11.9 Å². The molecule has 0 amide bonds. The molecule has 1 aliphatic heterocycles. The maximum atomic E-state index is 12.0. The van der Waals surface area contributed by atoms with Crippen LogP contribution in [0.25, 0.3) is 0 Å². The molecule has 19 heavy (non-hydrogen) atoms. The number of hydrogen-bond donors (Lipinski definition) is 2. The summed E-state index contributed by atoms with van der Waals surface area (Å²) in [5, 5.41) is 2.65. The first-order valence-electron chi connectivity index (χ1n) is 4.88. The van der Waals surface area contributed by atoms with Gasteiger partial charge in [0.25, 0.3) is 10.0 Å². The summed E-state index contributed by atoms with van der Waals surface area (Å²) in [5.41, 5.74) is 0.115. The number of guanidine groups is 1. The molecule has 0 aliphatic carbocycles. The average molecular weight is 314 g/mol. The third-order valence-corrected chi connectivity index (χ3v) is 3.75. The zero-order valence-corrected chi connectivity index (χ0v) is 10.7. The molecule has 10 heteroatoms.